The van der Waals surface area contributed by atoms with Gasteiger partial charge in [0.05, 0.1) is 0 Å². The average Bonchev–Trinajstić information content (AvgIpc) is 0.918. The number of hydrogen-bond donors (Lipinski definition) is 0. The quantitative estimate of drug-likeness (QED) is 0.228. The van der Waals surface area contributed by atoms with Gasteiger partial charge in [0.2, 0.25) is 0 Å². The van der Waals surface area contributed by atoms with E-state index in [2.05, 4.69) is 7.57 Å². The molecule has 0 aromatic heterocycles. The van der Waals surface area contributed by atoms with Crippen molar-refractivity contribution in [2.45, 2.75) is 0 Å². The van der Waals surface area contributed by atoms with Crippen molar-refractivity contribution in [3.8, 4) is 0 Å². The number of hydrogen-bond acceptors (Lipinski definition) is 0. The summed E-state index contributed by atoms with van der Waals surface area (Å²) in [6.07, 6.45) is 0. The molecule has 1 atom stereocenters. The molecule has 0 bridgehead atoms. The van der Waals surface area contributed by atoms with Gasteiger partial charge in [0.1, 0.15) is 7.57 Å². The van der Waals surface area contributed by atoms with Crippen LogP contribution in [-0.4, -0.2) is 53.7 Å². The Labute approximate surface area is 61.6 Å². The molecule has 0 heterocycles. The van der Waals surface area contributed by atoms with Crippen LogP contribution in [-0.2, 0) is 0 Å². The first kappa shape index (κ1) is 15.8. The molecule has 0 aliphatic carbocycles. The first-order chi connectivity index (χ1) is 1.41. The maximum atomic E-state index is 2.21. The fourth-order valence-corrected chi connectivity index (χ4v) is 0. The van der Waals surface area contributed by atoms with Crippen LogP contribution in [0.15, 0.2) is 0 Å². The first-order valence-electron chi connectivity index (χ1n) is 1.00. The van der Waals surface area contributed by atoms with Crippen LogP contribution >= 0.6 is 8.01 Å². The zero-order valence-electron chi connectivity index (χ0n) is 2.50. The van der Waals surface area contributed by atoms with Gasteiger partial charge in [-0.05, 0) is 0 Å². The van der Waals surface area contributed by atoms with Gasteiger partial charge in [-0.25, -0.2) is 0 Å². The molecule has 0 aromatic rings. The van der Waals surface area contributed by atoms with E-state index in [9.17, 15) is 0 Å². The van der Waals surface area contributed by atoms with Gasteiger partial charge in [0, 0.05) is 9.91 Å². The third-order valence-electron chi connectivity index (χ3n) is 0. The molecule has 1 unspecified atom stereocenters. The Morgan fingerprint density at radius 3 is 1.60 bits per heavy atom. The van der Waals surface area contributed by atoms with Gasteiger partial charge in [-0.15, -0.1) is 0 Å². The van der Waals surface area contributed by atoms with Crippen LogP contribution in [0, 0.1) is 0 Å². The second-order valence-electron chi connectivity index (χ2n) is 0.500. The summed E-state index contributed by atoms with van der Waals surface area (Å²) >= 11 is 0. The molecular weight excluding hydrogens is 104 g/mol. The van der Waals surface area contributed by atoms with Crippen molar-refractivity contribution in [3.05, 3.63) is 0 Å². The maximum absolute atomic E-state index is 2.21. The predicted octanol–water partition coefficient (Wildman–Crippen LogP) is -3.34. The monoisotopic (exact) mass is 114 g/mol. The van der Waals surface area contributed by atoms with Crippen LogP contribution in [0.5, 0.6) is 0 Å². The van der Waals surface area contributed by atoms with Crippen LogP contribution in [0.2, 0.25) is 0 Å². The minimum absolute atomic E-state index is 0. The molecule has 0 aliphatic heterocycles. The zero-order chi connectivity index (χ0) is 2.71. The van der Waals surface area contributed by atoms with E-state index in [0.717, 1.165) is 0 Å². The first-order valence-corrected chi connectivity index (χ1v) is 6.00. The van der Waals surface area contributed by atoms with Gasteiger partial charge in [0.15, 0.2) is 17.4 Å². The summed E-state index contributed by atoms with van der Waals surface area (Å²) in [6, 6.07) is 0. The van der Waals surface area contributed by atoms with Gasteiger partial charge in [0.25, 0.3) is 0 Å². The van der Waals surface area contributed by atoms with Gasteiger partial charge >= 0.3 is 18.9 Å². The molecule has 0 aromatic carbocycles. The molecule has 0 nitrogen and oxygen atoms in total. The summed E-state index contributed by atoms with van der Waals surface area (Å²) in [6.45, 7) is 0. The van der Waals surface area contributed by atoms with E-state index in [1.54, 1.807) is 0 Å². The fraction of sp³-hybridized carbons (Fsp3) is 0. The standard InChI is InChI=1S/Al.BH6PSi.Li.4H/c;1-2-3;;;;;/h;2H,1H2,3H3;;;;;. The summed E-state index contributed by atoms with van der Waals surface area (Å²) < 4.78 is 0. The van der Waals surface area contributed by atoms with E-state index < -0.39 is 0 Å². The van der Waals surface area contributed by atoms with E-state index in [1.807, 2.05) is 0 Å². The van der Waals surface area contributed by atoms with E-state index >= 15 is 0 Å². The Hall–Kier alpha value is 1.84. The van der Waals surface area contributed by atoms with Gasteiger partial charge < -0.3 is 0 Å². The molecule has 0 aliphatic rings. The van der Waals surface area contributed by atoms with Gasteiger partial charge in [-0.1, -0.05) is 0 Å². The third kappa shape index (κ3) is 25.4. The Morgan fingerprint density at radius 2 is 1.60 bits per heavy atom. The number of rotatable bonds is 0. The molecule has 0 saturated heterocycles. The molecule has 0 saturated carbocycles. The Bertz CT molecular complexity index is 11.6. The van der Waals surface area contributed by atoms with Crippen molar-refractivity contribution in [3.63, 3.8) is 0 Å². The van der Waals surface area contributed by atoms with Crippen LogP contribution < -0.4 is 0 Å². The zero-order valence-corrected chi connectivity index (χ0v) is 5.50. The normalized spacial score (nSPS) is 6.40. The van der Waals surface area contributed by atoms with Crippen LogP contribution in [0.3, 0.4) is 0 Å². The Kier molecular flexibility index (Phi) is 53.7. The summed E-state index contributed by atoms with van der Waals surface area (Å²) in [7, 11) is 4.83. The molecule has 26 valence electrons. The van der Waals surface area contributed by atoms with Gasteiger partial charge in [-0.2, -0.15) is 8.01 Å². The van der Waals surface area contributed by atoms with E-state index in [4.69, 9.17) is 0 Å². The SMILES string of the molecule is BP[SiH3].[AlH3].[LiH]. The molecule has 0 rings (SSSR count). The third-order valence-corrected chi connectivity index (χ3v) is 0. The molecule has 0 amide bonds. The van der Waals surface area contributed by atoms with Crippen LogP contribution in [0.1, 0.15) is 0 Å². The van der Waals surface area contributed by atoms with Crippen molar-refractivity contribution >= 4 is 61.7 Å². The Morgan fingerprint density at radius 1 is 1.60 bits per heavy atom. The second-order valence-corrected chi connectivity index (χ2v) is 4.50. The Balaban J connectivity index is -0.0000000200. The predicted molar refractivity (Wildman–Crippen MR) is 43.9 cm³/mol. The van der Waals surface area contributed by atoms with Crippen molar-refractivity contribution < 1.29 is 0 Å². The van der Waals surface area contributed by atoms with Gasteiger partial charge in [-0.3, -0.25) is 0 Å². The fourth-order valence-electron chi connectivity index (χ4n) is 0. The van der Waals surface area contributed by atoms with Crippen molar-refractivity contribution in [1.29, 1.82) is 0 Å². The molecule has 0 fully saturated rings. The van der Waals surface area contributed by atoms with E-state index in [0.29, 0.717) is 0 Å². The topological polar surface area (TPSA) is 0 Å². The summed E-state index contributed by atoms with van der Waals surface area (Å²) in [5.41, 5.74) is 0. The summed E-state index contributed by atoms with van der Waals surface area (Å²) in [4.78, 5) is 0. The van der Waals surface area contributed by atoms with Crippen LogP contribution in [0.4, 0.5) is 0 Å². The molecule has 0 spiro atoms. The minimum atomic E-state index is 0. The van der Waals surface area contributed by atoms with Crippen molar-refractivity contribution in [2.75, 3.05) is 0 Å². The molecule has 0 N–H and O–H groups in total. The van der Waals surface area contributed by atoms with E-state index in [-0.39, 0.29) is 36.2 Å². The summed E-state index contributed by atoms with van der Waals surface area (Å²) in [5.74, 6) is 0. The van der Waals surface area contributed by atoms with E-state index in [1.165, 1.54) is 17.9 Å². The molecule has 5 heavy (non-hydrogen) atoms. The second kappa shape index (κ2) is 17.0. The molecular formula is H10AlBLiPSi. The van der Waals surface area contributed by atoms with Crippen molar-refractivity contribution in [1.82, 2.24) is 0 Å². The van der Waals surface area contributed by atoms with Crippen LogP contribution in [0.25, 0.3) is 0 Å². The summed E-state index contributed by atoms with van der Waals surface area (Å²) in [5, 5.41) is 0. The average molecular weight is 114 g/mol. The molecule has 0 radical (unpaired) electrons. The molecule has 5 heteroatoms. The van der Waals surface area contributed by atoms with Crippen molar-refractivity contribution in [2.24, 2.45) is 0 Å².